The molecule has 0 aromatic heterocycles. The average Bonchev–Trinajstić information content (AvgIpc) is 2.47. The first-order valence-corrected chi connectivity index (χ1v) is 4.15. The molecular formula is C10H8N2O2. The van der Waals surface area contributed by atoms with Crippen LogP contribution in [0.5, 0.6) is 0 Å². The molecule has 14 heavy (non-hydrogen) atoms. The highest BCUT2D eigenvalue weighted by Gasteiger charge is 2.22. The van der Waals surface area contributed by atoms with Gasteiger partial charge in [0.05, 0.1) is 0 Å². The van der Waals surface area contributed by atoms with Gasteiger partial charge in [-0.25, -0.2) is 4.79 Å². The molecule has 4 heteroatoms. The van der Waals surface area contributed by atoms with Crippen LogP contribution < -0.4 is 10.6 Å². The third-order valence-electron chi connectivity index (χ3n) is 1.83. The van der Waals surface area contributed by atoms with Crippen LogP contribution in [-0.2, 0) is 4.79 Å². The van der Waals surface area contributed by atoms with Crippen molar-refractivity contribution in [3.8, 4) is 0 Å². The van der Waals surface area contributed by atoms with E-state index in [0.29, 0.717) is 0 Å². The minimum atomic E-state index is -0.475. The van der Waals surface area contributed by atoms with E-state index >= 15 is 0 Å². The van der Waals surface area contributed by atoms with Crippen LogP contribution in [0.15, 0.2) is 36.0 Å². The standard InChI is InChI=1S/C10H8N2O2/c13-9-8(11-10(14)12-9)6-7-4-2-1-3-5-7/h1-6H,(H2,11,12,13,14)/b8-6+. The predicted molar refractivity (Wildman–Crippen MR) is 51.1 cm³/mol. The maximum atomic E-state index is 11.1. The first kappa shape index (κ1) is 8.50. The van der Waals surface area contributed by atoms with Gasteiger partial charge < -0.3 is 5.32 Å². The summed E-state index contributed by atoms with van der Waals surface area (Å²) in [6.07, 6.45) is 1.63. The Morgan fingerprint density at radius 3 is 2.29 bits per heavy atom. The van der Waals surface area contributed by atoms with Gasteiger partial charge in [0.1, 0.15) is 5.70 Å². The van der Waals surface area contributed by atoms with E-state index in [-0.39, 0.29) is 11.6 Å². The summed E-state index contributed by atoms with van der Waals surface area (Å²) < 4.78 is 0. The van der Waals surface area contributed by atoms with E-state index in [0.717, 1.165) is 5.56 Å². The summed E-state index contributed by atoms with van der Waals surface area (Å²) in [6, 6.07) is 8.84. The van der Waals surface area contributed by atoms with Crippen LogP contribution in [0.3, 0.4) is 0 Å². The quantitative estimate of drug-likeness (QED) is 0.507. The summed E-state index contributed by atoms with van der Waals surface area (Å²) in [6.45, 7) is 0. The Hall–Kier alpha value is -2.10. The number of nitrogens with one attached hydrogen (secondary N) is 2. The summed E-state index contributed by atoms with van der Waals surface area (Å²) in [5, 5.41) is 4.54. The minimum Gasteiger partial charge on any atom is -0.303 e. The van der Waals surface area contributed by atoms with Crippen LogP contribution in [0.25, 0.3) is 6.08 Å². The molecule has 1 heterocycles. The first-order valence-electron chi connectivity index (χ1n) is 4.15. The highest BCUT2D eigenvalue weighted by Crippen LogP contribution is 2.06. The van der Waals surface area contributed by atoms with Crippen LogP contribution in [0.4, 0.5) is 4.79 Å². The fourth-order valence-corrected chi connectivity index (χ4v) is 1.20. The first-order chi connectivity index (χ1) is 6.75. The van der Waals surface area contributed by atoms with Crippen molar-refractivity contribution in [3.05, 3.63) is 41.6 Å². The molecule has 0 saturated carbocycles. The topological polar surface area (TPSA) is 58.2 Å². The lowest BCUT2D eigenvalue weighted by Crippen LogP contribution is -2.22. The highest BCUT2D eigenvalue weighted by atomic mass is 16.2. The van der Waals surface area contributed by atoms with Crippen LogP contribution in [-0.4, -0.2) is 11.9 Å². The van der Waals surface area contributed by atoms with Crippen molar-refractivity contribution < 1.29 is 9.59 Å². The maximum Gasteiger partial charge on any atom is 0.326 e. The number of amides is 3. The minimum absolute atomic E-state index is 0.279. The van der Waals surface area contributed by atoms with Crippen molar-refractivity contribution in [1.82, 2.24) is 10.6 Å². The Morgan fingerprint density at radius 2 is 1.71 bits per heavy atom. The summed E-state index contributed by atoms with van der Waals surface area (Å²) >= 11 is 0. The third kappa shape index (κ3) is 1.64. The zero-order valence-corrected chi connectivity index (χ0v) is 7.28. The Bertz CT molecular complexity index is 409. The van der Waals surface area contributed by atoms with Gasteiger partial charge in [-0.2, -0.15) is 0 Å². The number of rotatable bonds is 1. The molecule has 1 aromatic rings. The average molecular weight is 188 g/mol. The maximum absolute atomic E-state index is 11.1. The van der Waals surface area contributed by atoms with Crippen LogP contribution >= 0.6 is 0 Å². The Morgan fingerprint density at radius 1 is 1.00 bits per heavy atom. The summed E-state index contributed by atoms with van der Waals surface area (Å²) in [7, 11) is 0. The third-order valence-corrected chi connectivity index (χ3v) is 1.83. The molecule has 1 aliphatic heterocycles. The fraction of sp³-hybridized carbons (Fsp3) is 0. The van der Waals surface area contributed by atoms with E-state index in [4.69, 9.17) is 0 Å². The summed E-state index contributed by atoms with van der Waals surface area (Å²) in [4.78, 5) is 21.9. The molecule has 1 saturated heterocycles. The van der Waals surface area contributed by atoms with Gasteiger partial charge in [0.2, 0.25) is 0 Å². The van der Waals surface area contributed by atoms with E-state index in [1.54, 1.807) is 6.08 Å². The molecule has 0 bridgehead atoms. The normalized spacial score (nSPS) is 18.1. The number of imide groups is 1. The van der Waals surface area contributed by atoms with Gasteiger partial charge in [-0.05, 0) is 11.6 Å². The number of urea groups is 1. The van der Waals surface area contributed by atoms with Gasteiger partial charge in [-0.15, -0.1) is 0 Å². The van der Waals surface area contributed by atoms with E-state index in [1.165, 1.54) is 0 Å². The molecule has 2 rings (SSSR count). The molecule has 1 aliphatic rings. The summed E-state index contributed by atoms with van der Waals surface area (Å²) in [5.41, 5.74) is 1.15. The van der Waals surface area contributed by atoms with Crippen LogP contribution in [0, 0.1) is 0 Å². The molecule has 1 aromatic carbocycles. The molecule has 0 unspecified atom stereocenters. The molecule has 2 N–H and O–H groups in total. The molecule has 1 fully saturated rings. The second kappa shape index (κ2) is 3.33. The Kier molecular flexibility index (Phi) is 2.02. The van der Waals surface area contributed by atoms with Crippen molar-refractivity contribution in [2.45, 2.75) is 0 Å². The second-order valence-electron chi connectivity index (χ2n) is 2.88. The van der Waals surface area contributed by atoms with E-state index < -0.39 is 6.03 Å². The number of hydrogen-bond donors (Lipinski definition) is 2. The molecule has 0 radical (unpaired) electrons. The smallest absolute Gasteiger partial charge is 0.303 e. The van der Waals surface area contributed by atoms with E-state index in [1.807, 2.05) is 30.3 Å². The van der Waals surface area contributed by atoms with Crippen molar-refractivity contribution in [1.29, 1.82) is 0 Å². The lowest BCUT2D eigenvalue weighted by atomic mass is 10.2. The van der Waals surface area contributed by atoms with Crippen LogP contribution in [0.1, 0.15) is 5.56 Å². The molecule has 3 amide bonds. The van der Waals surface area contributed by atoms with Crippen molar-refractivity contribution in [3.63, 3.8) is 0 Å². The van der Waals surface area contributed by atoms with Gasteiger partial charge in [0.15, 0.2) is 0 Å². The van der Waals surface area contributed by atoms with Gasteiger partial charge in [-0.3, -0.25) is 10.1 Å². The number of carbonyl (C=O) groups is 2. The lowest BCUT2D eigenvalue weighted by Gasteiger charge is -1.94. The largest absolute Gasteiger partial charge is 0.326 e. The monoisotopic (exact) mass is 188 g/mol. The van der Waals surface area contributed by atoms with E-state index in [2.05, 4.69) is 10.6 Å². The Labute approximate surface area is 80.6 Å². The highest BCUT2D eigenvalue weighted by molar-refractivity contribution is 6.13. The zero-order valence-electron chi connectivity index (χ0n) is 7.28. The SMILES string of the molecule is O=C1NC(=O)/C(=C\c2ccccc2)N1. The van der Waals surface area contributed by atoms with Crippen molar-refractivity contribution in [2.75, 3.05) is 0 Å². The molecule has 0 aliphatic carbocycles. The molecule has 0 atom stereocenters. The van der Waals surface area contributed by atoms with Gasteiger partial charge in [0.25, 0.3) is 5.91 Å². The van der Waals surface area contributed by atoms with Crippen LogP contribution in [0.2, 0.25) is 0 Å². The number of hydrogen-bond acceptors (Lipinski definition) is 2. The molecule has 0 spiro atoms. The number of benzene rings is 1. The molecular weight excluding hydrogens is 180 g/mol. The van der Waals surface area contributed by atoms with Gasteiger partial charge >= 0.3 is 6.03 Å². The van der Waals surface area contributed by atoms with Crippen molar-refractivity contribution >= 4 is 18.0 Å². The second-order valence-corrected chi connectivity index (χ2v) is 2.88. The zero-order chi connectivity index (χ0) is 9.97. The molecule has 4 nitrogen and oxygen atoms in total. The summed E-state index contributed by atoms with van der Waals surface area (Å²) in [5.74, 6) is -0.390. The number of carbonyl (C=O) groups excluding carboxylic acids is 2. The predicted octanol–water partition coefficient (Wildman–Crippen LogP) is 0.867. The van der Waals surface area contributed by atoms with Gasteiger partial charge in [-0.1, -0.05) is 30.3 Å². The lowest BCUT2D eigenvalue weighted by molar-refractivity contribution is -0.115. The Balaban J connectivity index is 2.28. The van der Waals surface area contributed by atoms with Gasteiger partial charge in [0, 0.05) is 0 Å². The van der Waals surface area contributed by atoms with Crippen molar-refractivity contribution in [2.24, 2.45) is 0 Å². The molecule has 70 valence electrons. The fourth-order valence-electron chi connectivity index (χ4n) is 1.20. The van der Waals surface area contributed by atoms with E-state index in [9.17, 15) is 9.59 Å².